The molecule has 0 saturated heterocycles. The van der Waals surface area contributed by atoms with E-state index in [0.29, 0.717) is 16.3 Å². The SMILES string of the molecule is CC(C)(C)NC(=O)NC1C(O)c2cc(Cl)ccc2OC1(C)C. The first kappa shape index (κ1) is 16.9. The van der Waals surface area contributed by atoms with Gasteiger partial charge in [-0.05, 0) is 52.8 Å². The molecule has 1 aromatic carbocycles. The lowest BCUT2D eigenvalue weighted by Crippen LogP contribution is -2.61. The maximum absolute atomic E-state index is 12.1. The monoisotopic (exact) mass is 326 g/mol. The lowest BCUT2D eigenvalue weighted by Gasteiger charge is -2.43. The zero-order valence-corrected chi connectivity index (χ0v) is 14.3. The van der Waals surface area contributed by atoms with Crippen molar-refractivity contribution in [3.63, 3.8) is 0 Å². The van der Waals surface area contributed by atoms with Crippen molar-refractivity contribution in [1.82, 2.24) is 10.6 Å². The van der Waals surface area contributed by atoms with Crippen LogP contribution < -0.4 is 15.4 Å². The number of amides is 2. The van der Waals surface area contributed by atoms with Crippen LogP contribution in [0.3, 0.4) is 0 Å². The molecule has 2 unspecified atom stereocenters. The van der Waals surface area contributed by atoms with Crippen molar-refractivity contribution < 1.29 is 14.6 Å². The molecule has 0 aliphatic carbocycles. The summed E-state index contributed by atoms with van der Waals surface area (Å²) in [6.45, 7) is 9.33. The molecule has 3 N–H and O–H groups in total. The first-order chi connectivity index (χ1) is 9.99. The molecule has 122 valence electrons. The van der Waals surface area contributed by atoms with Gasteiger partial charge in [-0.2, -0.15) is 0 Å². The van der Waals surface area contributed by atoms with Crippen LogP contribution in [0.25, 0.3) is 0 Å². The van der Waals surface area contributed by atoms with Crippen LogP contribution >= 0.6 is 11.6 Å². The number of benzene rings is 1. The minimum atomic E-state index is -0.900. The van der Waals surface area contributed by atoms with Gasteiger partial charge in [0.25, 0.3) is 0 Å². The Morgan fingerprint density at radius 1 is 1.36 bits per heavy atom. The van der Waals surface area contributed by atoms with E-state index in [1.807, 2.05) is 34.6 Å². The van der Waals surface area contributed by atoms with Gasteiger partial charge in [-0.1, -0.05) is 11.6 Å². The molecule has 22 heavy (non-hydrogen) atoms. The first-order valence-electron chi connectivity index (χ1n) is 7.25. The summed E-state index contributed by atoms with van der Waals surface area (Å²) < 4.78 is 5.93. The molecule has 0 bridgehead atoms. The third kappa shape index (κ3) is 3.65. The van der Waals surface area contributed by atoms with Crippen LogP contribution in [0.2, 0.25) is 5.02 Å². The molecule has 2 amide bonds. The van der Waals surface area contributed by atoms with Gasteiger partial charge in [0.05, 0.1) is 6.04 Å². The molecule has 0 aromatic heterocycles. The molecule has 0 radical (unpaired) electrons. The molecule has 1 heterocycles. The van der Waals surface area contributed by atoms with E-state index < -0.39 is 17.7 Å². The van der Waals surface area contributed by atoms with Gasteiger partial charge in [-0.25, -0.2) is 4.79 Å². The highest BCUT2D eigenvalue weighted by Gasteiger charge is 2.44. The second-order valence-corrected chi connectivity index (χ2v) is 7.60. The summed E-state index contributed by atoms with van der Waals surface area (Å²) in [4.78, 5) is 12.1. The second-order valence-electron chi connectivity index (χ2n) is 7.16. The minimum Gasteiger partial charge on any atom is -0.485 e. The van der Waals surface area contributed by atoms with Crippen LogP contribution in [-0.2, 0) is 0 Å². The largest absolute Gasteiger partial charge is 0.485 e. The van der Waals surface area contributed by atoms with Crippen molar-refractivity contribution in [3.8, 4) is 5.75 Å². The van der Waals surface area contributed by atoms with Gasteiger partial charge in [-0.15, -0.1) is 0 Å². The highest BCUT2D eigenvalue weighted by Crippen LogP contribution is 2.40. The van der Waals surface area contributed by atoms with E-state index in [1.165, 1.54) is 0 Å². The van der Waals surface area contributed by atoms with E-state index in [4.69, 9.17) is 16.3 Å². The molecule has 0 spiro atoms. The molecule has 1 aliphatic rings. The van der Waals surface area contributed by atoms with E-state index >= 15 is 0 Å². The van der Waals surface area contributed by atoms with Gasteiger partial charge < -0.3 is 20.5 Å². The summed E-state index contributed by atoms with van der Waals surface area (Å²) in [5.74, 6) is 0.580. The number of urea groups is 1. The van der Waals surface area contributed by atoms with Gasteiger partial charge in [0.2, 0.25) is 0 Å². The second kappa shape index (κ2) is 5.63. The van der Waals surface area contributed by atoms with Gasteiger partial charge in [0.15, 0.2) is 0 Å². The quantitative estimate of drug-likeness (QED) is 0.743. The van der Waals surface area contributed by atoms with Crippen LogP contribution in [0.15, 0.2) is 18.2 Å². The first-order valence-corrected chi connectivity index (χ1v) is 7.62. The Labute approximate surface area is 136 Å². The molecule has 1 aliphatic heterocycles. The van der Waals surface area contributed by atoms with Crippen LogP contribution in [0.4, 0.5) is 4.79 Å². The summed E-state index contributed by atoms with van der Waals surface area (Å²) >= 11 is 5.99. The third-order valence-corrected chi connectivity index (χ3v) is 3.74. The number of hydrogen-bond donors (Lipinski definition) is 3. The van der Waals surface area contributed by atoms with E-state index in [-0.39, 0.29) is 11.6 Å². The number of hydrogen-bond acceptors (Lipinski definition) is 3. The number of nitrogens with one attached hydrogen (secondary N) is 2. The van der Waals surface area contributed by atoms with Crippen molar-refractivity contribution in [1.29, 1.82) is 0 Å². The standard InChI is InChI=1S/C16H23ClN2O3/c1-15(2,3)19-14(21)18-13-12(20)10-8-9(17)6-7-11(10)22-16(13,4)5/h6-8,12-13,20H,1-5H3,(H2,18,19,21). The number of aliphatic hydroxyl groups is 1. The van der Waals surface area contributed by atoms with Crippen LogP contribution in [0, 0.1) is 0 Å². The topological polar surface area (TPSA) is 70.6 Å². The van der Waals surface area contributed by atoms with Gasteiger partial charge in [0.1, 0.15) is 17.5 Å². The zero-order valence-electron chi connectivity index (χ0n) is 13.5. The van der Waals surface area contributed by atoms with Crippen LogP contribution in [-0.4, -0.2) is 28.3 Å². The number of carbonyl (C=O) groups excluding carboxylic acids is 1. The van der Waals surface area contributed by atoms with Crippen molar-refractivity contribution in [2.75, 3.05) is 0 Å². The number of carbonyl (C=O) groups is 1. The van der Waals surface area contributed by atoms with Crippen LogP contribution in [0.5, 0.6) is 5.75 Å². The van der Waals surface area contributed by atoms with E-state index in [2.05, 4.69) is 10.6 Å². The van der Waals surface area contributed by atoms with E-state index in [0.717, 1.165) is 0 Å². The van der Waals surface area contributed by atoms with E-state index in [1.54, 1.807) is 18.2 Å². The Hall–Kier alpha value is -1.46. The molecule has 0 fully saturated rings. The zero-order chi connectivity index (χ0) is 16.7. The Balaban J connectivity index is 2.25. The molecule has 6 heteroatoms. The lowest BCUT2D eigenvalue weighted by molar-refractivity contribution is -0.0231. The lowest BCUT2D eigenvalue weighted by atomic mass is 9.86. The van der Waals surface area contributed by atoms with Gasteiger partial charge in [0, 0.05) is 16.1 Å². The molecular weight excluding hydrogens is 304 g/mol. The molecule has 2 atom stereocenters. The number of aliphatic hydroxyl groups excluding tert-OH is 1. The predicted molar refractivity (Wildman–Crippen MR) is 86.3 cm³/mol. The maximum atomic E-state index is 12.1. The van der Waals surface area contributed by atoms with Crippen LogP contribution in [0.1, 0.15) is 46.3 Å². The fourth-order valence-corrected chi connectivity index (χ4v) is 2.70. The Bertz CT molecular complexity index is 581. The van der Waals surface area contributed by atoms with Gasteiger partial charge >= 0.3 is 6.03 Å². The normalized spacial score (nSPS) is 23.2. The Kier molecular flexibility index (Phi) is 4.33. The maximum Gasteiger partial charge on any atom is 0.315 e. The average molecular weight is 327 g/mol. The highest BCUT2D eigenvalue weighted by molar-refractivity contribution is 6.30. The average Bonchev–Trinajstić information content (AvgIpc) is 2.33. The van der Waals surface area contributed by atoms with E-state index in [9.17, 15) is 9.90 Å². The minimum absolute atomic E-state index is 0.348. The Morgan fingerprint density at radius 3 is 2.59 bits per heavy atom. The number of ether oxygens (including phenoxy) is 1. The van der Waals surface area contributed by atoms with Gasteiger partial charge in [-0.3, -0.25) is 0 Å². The summed E-state index contributed by atoms with van der Waals surface area (Å²) in [5.41, 5.74) is -0.543. The van der Waals surface area contributed by atoms with Crippen molar-refractivity contribution >= 4 is 17.6 Å². The Morgan fingerprint density at radius 2 is 2.00 bits per heavy atom. The molecule has 5 nitrogen and oxygen atoms in total. The number of halogens is 1. The molecule has 0 saturated carbocycles. The summed E-state index contributed by atoms with van der Waals surface area (Å²) in [5, 5.41) is 16.8. The fourth-order valence-electron chi connectivity index (χ4n) is 2.52. The third-order valence-electron chi connectivity index (χ3n) is 3.50. The highest BCUT2D eigenvalue weighted by atomic mass is 35.5. The summed E-state index contributed by atoms with van der Waals surface area (Å²) in [7, 11) is 0. The smallest absolute Gasteiger partial charge is 0.315 e. The molecule has 2 rings (SSSR count). The molecular formula is C16H23ClN2O3. The predicted octanol–water partition coefficient (Wildman–Crippen LogP) is 3.01. The summed E-state index contributed by atoms with van der Waals surface area (Å²) in [6, 6.07) is 4.16. The van der Waals surface area contributed by atoms with Crippen molar-refractivity contribution in [2.45, 2.75) is 57.9 Å². The number of rotatable bonds is 1. The van der Waals surface area contributed by atoms with Crippen molar-refractivity contribution in [3.05, 3.63) is 28.8 Å². The number of fused-ring (bicyclic) bond motifs is 1. The fraction of sp³-hybridized carbons (Fsp3) is 0.562. The van der Waals surface area contributed by atoms with Crippen molar-refractivity contribution in [2.24, 2.45) is 0 Å². The summed E-state index contributed by atoms with van der Waals surface area (Å²) in [6.07, 6.45) is -0.900. The molecule has 1 aromatic rings.